The van der Waals surface area contributed by atoms with Crippen LogP contribution >= 0.6 is 15.9 Å². The van der Waals surface area contributed by atoms with Gasteiger partial charge in [0.05, 0.1) is 17.2 Å². The first-order chi connectivity index (χ1) is 10.1. The van der Waals surface area contributed by atoms with Gasteiger partial charge in [-0.25, -0.2) is 0 Å². The van der Waals surface area contributed by atoms with Gasteiger partial charge in [-0.3, -0.25) is 10.1 Å². The molecule has 0 unspecified atom stereocenters. The lowest BCUT2D eigenvalue weighted by Gasteiger charge is -2.09. The number of hydrogen-bond acceptors (Lipinski definition) is 4. The smallest absolute Gasteiger partial charge is 0.271 e. The van der Waals surface area contributed by atoms with Crippen LogP contribution in [0.4, 0.5) is 11.4 Å². The Kier molecular flexibility index (Phi) is 5.30. The van der Waals surface area contributed by atoms with Gasteiger partial charge in [0, 0.05) is 30.3 Å². The molecule has 0 aromatic heterocycles. The number of methoxy groups -OCH3 is 1. The molecule has 2 aromatic carbocycles. The summed E-state index contributed by atoms with van der Waals surface area (Å²) in [6, 6.07) is 12.7. The van der Waals surface area contributed by atoms with E-state index in [1.54, 1.807) is 13.2 Å². The Morgan fingerprint density at radius 1 is 1.24 bits per heavy atom. The molecule has 0 spiro atoms. The molecule has 21 heavy (non-hydrogen) atoms. The molecule has 0 amide bonds. The summed E-state index contributed by atoms with van der Waals surface area (Å²) in [6.45, 7) is 1.14. The highest BCUT2D eigenvalue weighted by atomic mass is 79.9. The standard InChI is InChI=1S/C15H15BrN2O3/c1-21-10-12-4-2-3-11(7-12)9-17-15-8-13(18(19)20)5-6-14(15)16/h2-8,17H,9-10H2,1H3. The maximum absolute atomic E-state index is 10.8. The minimum absolute atomic E-state index is 0.0637. The number of nitrogens with zero attached hydrogens (tertiary/aromatic N) is 1. The van der Waals surface area contributed by atoms with Crippen LogP contribution in [0.15, 0.2) is 46.9 Å². The van der Waals surface area contributed by atoms with Gasteiger partial charge in [-0.05, 0) is 33.1 Å². The van der Waals surface area contributed by atoms with Crippen molar-refractivity contribution in [3.63, 3.8) is 0 Å². The first-order valence-corrected chi connectivity index (χ1v) is 7.14. The molecule has 2 aromatic rings. The van der Waals surface area contributed by atoms with Crippen LogP contribution in [-0.4, -0.2) is 12.0 Å². The minimum Gasteiger partial charge on any atom is -0.380 e. The van der Waals surface area contributed by atoms with E-state index in [2.05, 4.69) is 21.2 Å². The molecule has 5 nitrogen and oxygen atoms in total. The third-order valence-electron chi connectivity index (χ3n) is 2.95. The fourth-order valence-electron chi connectivity index (χ4n) is 1.96. The lowest BCUT2D eigenvalue weighted by molar-refractivity contribution is -0.384. The van der Waals surface area contributed by atoms with Gasteiger partial charge in [-0.2, -0.15) is 0 Å². The molecular formula is C15H15BrN2O3. The number of non-ortho nitro benzene ring substituents is 1. The fourth-order valence-corrected chi connectivity index (χ4v) is 2.34. The van der Waals surface area contributed by atoms with Crippen molar-refractivity contribution in [3.05, 3.63) is 68.2 Å². The second-order valence-electron chi connectivity index (χ2n) is 4.53. The average molecular weight is 351 g/mol. The van der Waals surface area contributed by atoms with E-state index in [9.17, 15) is 10.1 Å². The van der Waals surface area contributed by atoms with Crippen molar-refractivity contribution >= 4 is 27.3 Å². The number of hydrogen-bond donors (Lipinski definition) is 1. The second kappa shape index (κ2) is 7.19. The molecule has 0 aliphatic heterocycles. The summed E-state index contributed by atoms with van der Waals surface area (Å²) in [5.74, 6) is 0. The third-order valence-corrected chi connectivity index (χ3v) is 3.64. The van der Waals surface area contributed by atoms with Crippen LogP contribution < -0.4 is 5.32 Å². The van der Waals surface area contributed by atoms with Gasteiger partial charge in [0.1, 0.15) is 0 Å². The van der Waals surface area contributed by atoms with Gasteiger partial charge < -0.3 is 10.1 Å². The molecule has 6 heteroatoms. The summed E-state index contributed by atoms with van der Waals surface area (Å²) in [7, 11) is 1.66. The molecule has 0 saturated carbocycles. The zero-order valence-corrected chi connectivity index (χ0v) is 13.1. The molecule has 0 bridgehead atoms. The van der Waals surface area contributed by atoms with E-state index < -0.39 is 4.92 Å². The number of nitro groups is 1. The Hall–Kier alpha value is -1.92. The molecule has 0 heterocycles. The molecule has 0 aliphatic carbocycles. The van der Waals surface area contributed by atoms with Gasteiger partial charge in [0.2, 0.25) is 0 Å². The molecule has 0 saturated heterocycles. The van der Waals surface area contributed by atoms with Crippen LogP contribution in [0, 0.1) is 10.1 Å². The van der Waals surface area contributed by atoms with Gasteiger partial charge in [0.15, 0.2) is 0 Å². The lowest BCUT2D eigenvalue weighted by Crippen LogP contribution is -2.01. The highest BCUT2D eigenvalue weighted by molar-refractivity contribution is 9.10. The molecule has 0 fully saturated rings. The number of halogens is 1. The summed E-state index contributed by atoms with van der Waals surface area (Å²) < 4.78 is 5.90. The van der Waals surface area contributed by atoms with Crippen LogP contribution in [-0.2, 0) is 17.9 Å². The van der Waals surface area contributed by atoms with E-state index in [4.69, 9.17) is 4.74 Å². The monoisotopic (exact) mass is 350 g/mol. The van der Waals surface area contributed by atoms with E-state index in [1.807, 2.05) is 24.3 Å². The third kappa shape index (κ3) is 4.27. The fraction of sp³-hybridized carbons (Fsp3) is 0.200. The summed E-state index contributed by atoms with van der Waals surface area (Å²) >= 11 is 3.39. The van der Waals surface area contributed by atoms with Crippen LogP contribution in [0.25, 0.3) is 0 Å². The Bertz CT molecular complexity index is 647. The molecule has 1 N–H and O–H groups in total. The highest BCUT2D eigenvalue weighted by Gasteiger charge is 2.09. The van der Waals surface area contributed by atoms with Gasteiger partial charge in [-0.1, -0.05) is 24.3 Å². The Morgan fingerprint density at radius 3 is 2.71 bits per heavy atom. The first-order valence-electron chi connectivity index (χ1n) is 6.34. The maximum Gasteiger partial charge on any atom is 0.271 e. The number of rotatable bonds is 6. The number of ether oxygens (including phenoxy) is 1. The van der Waals surface area contributed by atoms with Crippen molar-refractivity contribution < 1.29 is 9.66 Å². The SMILES string of the molecule is COCc1cccc(CNc2cc([N+](=O)[O-])ccc2Br)c1. The first kappa shape index (κ1) is 15.5. The quantitative estimate of drug-likeness (QED) is 0.628. The molecule has 2 rings (SSSR count). The highest BCUT2D eigenvalue weighted by Crippen LogP contribution is 2.27. The van der Waals surface area contributed by atoms with Crippen LogP contribution in [0.2, 0.25) is 0 Å². The normalized spacial score (nSPS) is 10.4. The number of anilines is 1. The van der Waals surface area contributed by atoms with Crippen LogP contribution in [0.5, 0.6) is 0 Å². The van der Waals surface area contributed by atoms with Gasteiger partial charge in [-0.15, -0.1) is 0 Å². The molecule has 0 radical (unpaired) electrons. The number of benzene rings is 2. The minimum atomic E-state index is -0.406. The summed E-state index contributed by atoms with van der Waals surface area (Å²) in [4.78, 5) is 10.4. The van der Waals surface area contributed by atoms with E-state index in [0.29, 0.717) is 18.8 Å². The summed E-state index contributed by atoms with van der Waals surface area (Å²) in [6.07, 6.45) is 0. The lowest BCUT2D eigenvalue weighted by atomic mass is 10.1. The molecule has 0 aliphatic rings. The molecular weight excluding hydrogens is 336 g/mol. The number of nitrogens with one attached hydrogen (secondary N) is 1. The second-order valence-corrected chi connectivity index (χ2v) is 5.38. The molecule has 110 valence electrons. The summed E-state index contributed by atoms with van der Waals surface area (Å²) in [5.41, 5.74) is 2.94. The van der Waals surface area contributed by atoms with Crippen LogP contribution in [0.1, 0.15) is 11.1 Å². The maximum atomic E-state index is 10.8. The topological polar surface area (TPSA) is 64.4 Å². The number of nitro benzene ring substituents is 1. The van der Waals surface area contributed by atoms with Crippen molar-refractivity contribution in [2.24, 2.45) is 0 Å². The van der Waals surface area contributed by atoms with Crippen molar-refractivity contribution in [3.8, 4) is 0 Å². The Labute approximate surface area is 131 Å². The largest absolute Gasteiger partial charge is 0.380 e. The zero-order chi connectivity index (χ0) is 15.2. The van der Waals surface area contributed by atoms with E-state index in [1.165, 1.54) is 12.1 Å². The van der Waals surface area contributed by atoms with E-state index in [-0.39, 0.29) is 5.69 Å². The van der Waals surface area contributed by atoms with E-state index >= 15 is 0 Å². The Morgan fingerprint density at radius 2 is 2.00 bits per heavy atom. The Balaban J connectivity index is 2.10. The zero-order valence-electron chi connectivity index (χ0n) is 11.5. The van der Waals surface area contributed by atoms with Crippen molar-refractivity contribution in [1.82, 2.24) is 0 Å². The van der Waals surface area contributed by atoms with Crippen molar-refractivity contribution in [1.29, 1.82) is 0 Å². The predicted octanol–water partition coefficient (Wildman–Crippen LogP) is 4.12. The van der Waals surface area contributed by atoms with E-state index in [0.717, 1.165) is 15.6 Å². The van der Waals surface area contributed by atoms with Crippen LogP contribution in [0.3, 0.4) is 0 Å². The van der Waals surface area contributed by atoms with Gasteiger partial charge >= 0.3 is 0 Å². The average Bonchev–Trinajstić information content (AvgIpc) is 2.47. The summed E-state index contributed by atoms with van der Waals surface area (Å²) in [5, 5.41) is 14.0. The van der Waals surface area contributed by atoms with Crippen molar-refractivity contribution in [2.45, 2.75) is 13.2 Å². The molecule has 0 atom stereocenters. The predicted molar refractivity (Wildman–Crippen MR) is 85.3 cm³/mol. The van der Waals surface area contributed by atoms with Crippen molar-refractivity contribution in [2.75, 3.05) is 12.4 Å². The van der Waals surface area contributed by atoms with Gasteiger partial charge in [0.25, 0.3) is 5.69 Å².